The Bertz CT molecular complexity index is 507. The van der Waals surface area contributed by atoms with Crippen LogP contribution in [0.3, 0.4) is 0 Å². The lowest BCUT2D eigenvalue weighted by molar-refractivity contribution is 0.108. The van der Waals surface area contributed by atoms with Gasteiger partial charge in [-0.25, -0.2) is 4.98 Å². The van der Waals surface area contributed by atoms with Crippen LogP contribution in [-0.4, -0.2) is 18.1 Å². The van der Waals surface area contributed by atoms with Gasteiger partial charge in [-0.2, -0.15) is 0 Å². The van der Waals surface area contributed by atoms with Crippen LogP contribution in [0.1, 0.15) is 35.4 Å². The lowest BCUT2D eigenvalue weighted by atomic mass is 10.3. The molecule has 2 rings (SSSR count). The van der Waals surface area contributed by atoms with Gasteiger partial charge in [0.2, 0.25) is 0 Å². The highest BCUT2D eigenvalue weighted by Crippen LogP contribution is 2.13. The van der Waals surface area contributed by atoms with Crippen molar-refractivity contribution in [2.75, 3.05) is 13.2 Å². The van der Waals surface area contributed by atoms with Gasteiger partial charge in [-0.05, 0) is 32.0 Å². The lowest BCUT2D eigenvalue weighted by Crippen LogP contribution is -2.13. The molecule has 0 aliphatic rings. The summed E-state index contributed by atoms with van der Waals surface area (Å²) in [4.78, 5) is 5.53. The van der Waals surface area contributed by atoms with Crippen molar-refractivity contribution >= 4 is 11.3 Å². The van der Waals surface area contributed by atoms with E-state index in [2.05, 4.69) is 17.2 Å². The first-order chi connectivity index (χ1) is 9.79. The molecule has 0 fully saturated rings. The fourth-order valence-corrected chi connectivity index (χ4v) is 2.65. The van der Waals surface area contributed by atoms with Crippen LogP contribution in [-0.2, 0) is 24.3 Å². The number of thiazole rings is 1. The van der Waals surface area contributed by atoms with E-state index in [4.69, 9.17) is 9.15 Å². The van der Waals surface area contributed by atoms with Gasteiger partial charge in [-0.3, -0.25) is 0 Å². The molecule has 0 spiro atoms. The minimum Gasteiger partial charge on any atom is -0.462 e. The van der Waals surface area contributed by atoms with Crippen molar-refractivity contribution in [2.24, 2.45) is 0 Å². The number of nitrogens with one attached hydrogen (secondary N) is 1. The summed E-state index contributed by atoms with van der Waals surface area (Å²) in [6.45, 7) is 7.22. The molecule has 0 unspecified atom stereocenters. The highest BCUT2D eigenvalue weighted by atomic mass is 32.1. The monoisotopic (exact) mass is 294 g/mol. The van der Waals surface area contributed by atoms with E-state index in [0.717, 1.165) is 43.1 Å². The predicted molar refractivity (Wildman–Crippen MR) is 80.9 cm³/mol. The summed E-state index contributed by atoms with van der Waals surface area (Å²) in [6.07, 6.45) is 2.05. The van der Waals surface area contributed by atoms with E-state index in [1.807, 2.05) is 24.6 Å². The van der Waals surface area contributed by atoms with Crippen molar-refractivity contribution in [2.45, 2.75) is 39.8 Å². The molecule has 2 aromatic heterocycles. The number of nitrogens with zero attached hydrogens (tertiary/aromatic N) is 1. The maximum Gasteiger partial charge on any atom is 0.129 e. The molecular formula is C15H22N2O2S. The Kier molecular flexibility index (Phi) is 6.24. The molecule has 5 heteroatoms. The van der Waals surface area contributed by atoms with Crippen molar-refractivity contribution in [3.8, 4) is 0 Å². The van der Waals surface area contributed by atoms with Crippen LogP contribution < -0.4 is 5.32 Å². The molecule has 0 saturated carbocycles. The summed E-state index contributed by atoms with van der Waals surface area (Å²) in [6, 6.07) is 4.00. The van der Waals surface area contributed by atoms with Crippen LogP contribution in [0.2, 0.25) is 0 Å². The van der Waals surface area contributed by atoms with Crippen LogP contribution in [0.25, 0.3) is 0 Å². The Morgan fingerprint density at radius 1 is 1.35 bits per heavy atom. The molecule has 0 radical (unpaired) electrons. The third-order valence-corrected chi connectivity index (χ3v) is 4.00. The second kappa shape index (κ2) is 8.19. The molecule has 0 aliphatic carbocycles. The van der Waals surface area contributed by atoms with E-state index in [9.17, 15) is 0 Å². The van der Waals surface area contributed by atoms with Gasteiger partial charge in [-0.1, -0.05) is 6.92 Å². The Morgan fingerprint density at radius 2 is 2.20 bits per heavy atom. The molecule has 0 aromatic carbocycles. The number of ether oxygens (including phenoxy) is 1. The molecule has 20 heavy (non-hydrogen) atoms. The highest BCUT2D eigenvalue weighted by Gasteiger charge is 2.04. The second-order valence-corrected chi connectivity index (χ2v) is 5.65. The van der Waals surface area contributed by atoms with E-state index in [1.165, 1.54) is 4.88 Å². The molecule has 0 aliphatic heterocycles. The molecular weight excluding hydrogens is 272 g/mol. The highest BCUT2D eigenvalue weighted by molar-refractivity contribution is 7.09. The molecule has 0 atom stereocenters. The topological polar surface area (TPSA) is 47.3 Å². The second-order valence-electron chi connectivity index (χ2n) is 4.71. The minimum absolute atomic E-state index is 0.533. The zero-order valence-corrected chi connectivity index (χ0v) is 13.0. The quantitative estimate of drug-likeness (QED) is 0.721. The van der Waals surface area contributed by atoms with Gasteiger partial charge in [0.05, 0.1) is 24.4 Å². The van der Waals surface area contributed by atoms with Crippen molar-refractivity contribution in [1.82, 2.24) is 10.3 Å². The number of furan rings is 1. The molecule has 1 N–H and O–H groups in total. The van der Waals surface area contributed by atoms with Gasteiger partial charge in [-0.15, -0.1) is 11.3 Å². The summed E-state index contributed by atoms with van der Waals surface area (Å²) in [5.74, 6) is 1.86. The summed E-state index contributed by atoms with van der Waals surface area (Å²) in [5.41, 5.74) is 2.99. The molecule has 2 aromatic rings. The fourth-order valence-electron chi connectivity index (χ4n) is 1.89. The number of hydrogen-bond donors (Lipinski definition) is 1. The van der Waals surface area contributed by atoms with Crippen molar-refractivity contribution in [3.63, 3.8) is 0 Å². The van der Waals surface area contributed by atoms with E-state index >= 15 is 0 Å². The van der Waals surface area contributed by atoms with Crippen molar-refractivity contribution in [1.29, 1.82) is 0 Å². The van der Waals surface area contributed by atoms with Gasteiger partial charge >= 0.3 is 0 Å². The number of aryl methyl sites for hydroxylation is 1. The zero-order chi connectivity index (χ0) is 14.2. The van der Waals surface area contributed by atoms with Crippen molar-refractivity contribution < 1.29 is 9.15 Å². The third-order valence-electron chi connectivity index (χ3n) is 3.01. The summed E-state index contributed by atoms with van der Waals surface area (Å²) in [7, 11) is 0. The van der Waals surface area contributed by atoms with Gasteiger partial charge < -0.3 is 14.5 Å². The van der Waals surface area contributed by atoms with E-state index in [-0.39, 0.29) is 0 Å². The Balaban J connectivity index is 1.65. The first-order valence-corrected chi connectivity index (χ1v) is 7.92. The smallest absolute Gasteiger partial charge is 0.129 e. The fraction of sp³-hybridized carbons (Fsp3) is 0.533. The van der Waals surface area contributed by atoms with Gasteiger partial charge in [0.15, 0.2) is 0 Å². The largest absolute Gasteiger partial charge is 0.462 e. The van der Waals surface area contributed by atoms with E-state index < -0.39 is 0 Å². The Labute approximate surface area is 124 Å². The molecule has 0 saturated heterocycles. The average Bonchev–Trinajstić information content (AvgIpc) is 3.05. The first-order valence-electron chi connectivity index (χ1n) is 7.04. The van der Waals surface area contributed by atoms with E-state index in [1.54, 1.807) is 11.3 Å². The van der Waals surface area contributed by atoms with Gasteiger partial charge in [0.1, 0.15) is 18.1 Å². The normalized spacial score (nSPS) is 11.1. The zero-order valence-electron chi connectivity index (χ0n) is 12.1. The standard InChI is InChI=1S/C15H22N2O2S/c1-3-7-16-9-13-4-5-14(19-13)10-18-8-6-15-12(2)17-11-20-15/h4-5,11,16H,3,6-10H2,1-2H3. The van der Waals surface area contributed by atoms with Crippen LogP contribution in [0.15, 0.2) is 22.1 Å². The maximum atomic E-state index is 5.69. The lowest BCUT2D eigenvalue weighted by Gasteiger charge is -2.02. The number of hydrogen-bond acceptors (Lipinski definition) is 5. The molecule has 4 nitrogen and oxygen atoms in total. The number of rotatable bonds is 9. The summed E-state index contributed by atoms with van der Waals surface area (Å²) in [5, 5.41) is 3.32. The van der Waals surface area contributed by atoms with Crippen LogP contribution >= 0.6 is 11.3 Å². The Hall–Kier alpha value is -1.17. The molecule has 2 heterocycles. The number of aromatic nitrogens is 1. The Morgan fingerprint density at radius 3 is 2.95 bits per heavy atom. The van der Waals surface area contributed by atoms with Crippen LogP contribution in [0.5, 0.6) is 0 Å². The van der Waals surface area contributed by atoms with Crippen LogP contribution in [0, 0.1) is 6.92 Å². The minimum atomic E-state index is 0.533. The molecule has 110 valence electrons. The predicted octanol–water partition coefficient (Wildman–Crippen LogP) is 3.30. The third kappa shape index (κ3) is 4.74. The molecule has 0 amide bonds. The van der Waals surface area contributed by atoms with Gasteiger partial charge in [0.25, 0.3) is 0 Å². The van der Waals surface area contributed by atoms with E-state index in [0.29, 0.717) is 13.2 Å². The maximum absolute atomic E-state index is 5.69. The summed E-state index contributed by atoms with van der Waals surface area (Å²) < 4.78 is 11.3. The SMILES string of the molecule is CCCNCc1ccc(COCCc2scnc2C)o1. The van der Waals surface area contributed by atoms with Gasteiger partial charge in [0, 0.05) is 11.3 Å². The first kappa shape index (κ1) is 15.2. The van der Waals surface area contributed by atoms with Crippen LogP contribution in [0.4, 0.5) is 0 Å². The average molecular weight is 294 g/mol. The molecule has 0 bridgehead atoms. The summed E-state index contributed by atoms with van der Waals surface area (Å²) >= 11 is 1.69. The van der Waals surface area contributed by atoms with Crippen molar-refractivity contribution in [3.05, 3.63) is 39.7 Å².